The van der Waals surface area contributed by atoms with Crippen molar-refractivity contribution >= 4 is 11.6 Å². The molecule has 2 heteroatoms. The van der Waals surface area contributed by atoms with Crippen LogP contribution in [0.15, 0.2) is 72.8 Å². The Morgan fingerprint density at radius 2 is 1.19 bits per heavy atom. The molecule has 0 unspecified atom stereocenters. The first-order valence-electron chi connectivity index (χ1n) is 8.30. The normalized spacial score (nSPS) is 10.9. The van der Waals surface area contributed by atoms with Crippen LogP contribution in [0, 0.1) is 12.3 Å². The zero-order chi connectivity index (χ0) is 18.4. The molecule has 0 fully saturated rings. The molecule has 2 nitrogen and oxygen atoms in total. The van der Waals surface area contributed by atoms with Gasteiger partial charge >= 0.3 is 0 Å². The van der Waals surface area contributed by atoms with Crippen LogP contribution in [0.3, 0.4) is 0 Å². The van der Waals surface area contributed by atoms with Gasteiger partial charge in [-0.15, -0.1) is 6.42 Å². The SMILES string of the molecule is C#Cc1ccc(/C(=C/c2ccc(OC)cc2)c2ccc(OC)cc2)cc1. The van der Waals surface area contributed by atoms with E-state index in [2.05, 4.69) is 36.3 Å². The number of rotatable bonds is 5. The molecule has 3 aromatic carbocycles. The molecule has 0 aliphatic carbocycles. The van der Waals surface area contributed by atoms with E-state index in [1.165, 1.54) is 0 Å². The molecule has 128 valence electrons. The van der Waals surface area contributed by atoms with Crippen molar-refractivity contribution in [3.63, 3.8) is 0 Å². The average Bonchev–Trinajstić information content (AvgIpc) is 2.73. The number of hydrogen-bond acceptors (Lipinski definition) is 2. The molecule has 0 N–H and O–H groups in total. The molecule has 0 aliphatic rings. The van der Waals surface area contributed by atoms with Crippen molar-refractivity contribution in [3.8, 4) is 23.8 Å². The summed E-state index contributed by atoms with van der Waals surface area (Å²) in [4.78, 5) is 0. The summed E-state index contributed by atoms with van der Waals surface area (Å²) in [5.74, 6) is 4.33. The fourth-order valence-electron chi connectivity index (χ4n) is 2.72. The summed E-state index contributed by atoms with van der Waals surface area (Å²) in [6.07, 6.45) is 7.64. The van der Waals surface area contributed by atoms with E-state index in [1.54, 1.807) is 14.2 Å². The van der Waals surface area contributed by atoms with Crippen molar-refractivity contribution in [1.29, 1.82) is 0 Å². The lowest BCUT2D eigenvalue weighted by Gasteiger charge is -2.11. The summed E-state index contributed by atoms with van der Waals surface area (Å²) in [6.45, 7) is 0. The Morgan fingerprint density at radius 3 is 1.65 bits per heavy atom. The number of methoxy groups -OCH3 is 2. The minimum atomic E-state index is 0.834. The van der Waals surface area contributed by atoms with E-state index < -0.39 is 0 Å². The average molecular weight is 340 g/mol. The summed E-state index contributed by atoms with van der Waals surface area (Å²) in [5, 5.41) is 0. The van der Waals surface area contributed by atoms with Gasteiger partial charge in [-0.05, 0) is 64.7 Å². The highest BCUT2D eigenvalue weighted by Gasteiger charge is 2.07. The third-order valence-electron chi connectivity index (χ3n) is 4.19. The lowest BCUT2D eigenvalue weighted by atomic mass is 9.95. The van der Waals surface area contributed by atoms with Crippen LogP contribution in [-0.2, 0) is 0 Å². The van der Waals surface area contributed by atoms with Gasteiger partial charge in [0.2, 0.25) is 0 Å². The predicted molar refractivity (Wildman–Crippen MR) is 107 cm³/mol. The van der Waals surface area contributed by atoms with Crippen molar-refractivity contribution in [2.45, 2.75) is 0 Å². The Balaban J connectivity index is 2.07. The molecule has 0 aromatic heterocycles. The maximum absolute atomic E-state index is 5.48. The topological polar surface area (TPSA) is 18.5 Å². The Kier molecular flexibility index (Phi) is 5.41. The van der Waals surface area contributed by atoms with E-state index in [1.807, 2.05) is 48.5 Å². The minimum absolute atomic E-state index is 0.834. The summed E-state index contributed by atoms with van der Waals surface area (Å²) < 4.78 is 10.5. The minimum Gasteiger partial charge on any atom is -0.497 e. The Labute approximate surface area is 154 Å². The molecule has 0 bridgehead atoms. The Hall–Kier alpha value is -3.44. The van der Waals surface area contributed by atoms with Crippen LogP contribution in [0.5, 0.6) is 11.5 Å². The molecule has 0 atom stereocenters. The van der Waals surface area contributed by atoms with Gasteiger partial charge in [0.15, 0.2) is 0 Å². The molecule has 3 aromatic rings. The van der Waals surface area contributed by atoms with Gasteiger partial charge in [-0.2, -0.15) is 0 Å². The molecule has 0 saturated carbocycles. The van der Waals surface area contributed by atoms with Gasteiger partial charge in [-0.25, -0.2) is 0 Å². The number of benzene rings is 3. The zero-order valence-electron chi connectivity index (χ0n) is 14.9. The van der Waals surface area contributed by atoms with E-state index in [0.717, 1.165) is 39.3 Å². The zero-order valence-corrected chi connectivity index (χ0v) is 14.9. The third-order valence-corrected chi connectivity index (χ3v) is 4.19. The van der Waals surface area contributed by atoms with Gasteiger partial charge in [0.05, 0.1) is 14.2 Å². The second-order valence-electron chi connectivity index (χ2n) is 5.78. The van der Waals surface area contributed by atoms with Gasteiger partial charge in [-0.1, -0.05) is 42.3 Å². The van der Waals surface area contributed by atoms with Crippen molar-refractivity contribution in [1.82, 2.24) is 0 Å². The van der Waals surface area contributed by atoms with Gasteiger partial charge in [0.1, 0.15) is 11.5 Å². The summed E-state index contributed by atoms with van der Waals surface area (Å²) in [7, 11) is 3.34. The van der Waals surface area contributed by atoms with Gasteiger partial charge in [-0.3, -0.25) is 0 Å². The highest BCUT2D eigenvalue weighted by atomic mass is 16.5. The lowest BCUT2D eigenvalue weighted by Crippen LogP contribution is -1.90. The third kappa shape index (κ3) is 3.96. The fraction of sp³-hybridized carbons (Fsp3) is 0.0833. The summed E-state index contributed by atoms with van der Waals surface area (Å²) in [6, 6.07) is 24.1. The Morgan fingerprint density at radius 1 is 0.731 bits per heavy atom. The van der Waals surface area contributed by atoms with Crippen LogP contribution in [-0.4, -0.2) is 14.2 Å². The smallest absolute Gasteiger partial charge is 0.118 e. The molecule has 0 aliphatic heterocycles. The standard InChI is InChI=1S/C24H20O2/c1-4-18-5-9-20(10-6-18)24(21-11-15-23(26-3)16-12-21)17-19-7-13-22(25-2)14-8-19/h1,5-17H,2-3H3/b24-17-. The monoisotopic (exact) mass is 340 g/mol. The largest absolute Gasteiger partial charge is 0.497 e. The molecule has 0 radical (unpaired) electrons. The van der Waals surface area contributed by atoms with Crippen molar-refractivity contribution in [3.05, 3.63) is 95.1 Å². The van der Waals surface area contributed by atoms with E-state index >= 15 is 0 Å². The van der Waals surface area contributed by atoms with Crippen LogP contribution < -0.4 is 9.47 Å². The van der Waals surface area contributed by atoms with Crippen molar-refractivity contribution < 1.29 is 9.47 Å². The lowest BCUT2D eigenvalue weighted by molar-refractivity contribution is 0.414. The van der Waals surface area contributed by atoms with E-state index in [-0.39, 0.29) is 0 Å². The number of ether oxygens (including phenoxy) is 2. The van der Waals surface area contributed by atoms with E-state index in [0.29, 0.717) is 0 Å². The molecule has 0 heterocycles. The summed E-state index contributed by atoms with van der Waals surface area (Å²) >= 11 is 0. The van der Waals surface area contributed by atoms with E-state index in [9.17, 15) is 0 Å². The second kappa shape index (κ2) is 8.09. The number of terminal acetylenes is 1. The second-order valence-corrected chi connectivity index (χ2v) is 5.78. The van der Waals surface area contributed by atoms with Crippen molar-refractivity contribution in [2.24, 2.45) is 0 Å². The van der Waals surface area contributed by atoms with Crippen molar-refractivity contribution in [2.75, 3.05) is 14.2 Å². The van der Waals surface area contributed by atoms with Gasteiger partial charge in [0.25, 0.3) is 0 Å². The molecule has 3 rings (SSSR count). The highest BCUT2D eigenvalue weighted by Crippen LogP contribution is 2.28. The number of hydrogen-bond donors (Lipinski definition) is 0. The fourth-order valence-corrected chi connectivity index (χ4v) is 2.72. The molecular formula is C24H20O2. The van der Waals surface area contributed by atoms with Crippen LogP contribution in [0.1, 0.15) is 22.3 Å². The maximum atomic E-state index is 5.48. The first-order valence-corrected chi connectivity index (χ1v) is 8.30. The maximum Gasteiger partial charge on any atom is 0.118 e. The van der Waals surface area contributed by atoms with E-state index in [4.69, 9.17) is 15.9 Å². The van der Waals surface area contributed by atoms with Crippen LogP contribution in [0.25, 0.3) is 11.6 Å². The van der Waals surface area contributed by atoms with Gasteiger partial charge in [0, 0.05) is 5.56 Å². The predicted octanol–water partition coefficient (Wildman–Crippen LogP) is 5.27. The quantitative estimate of drug-likeness (QED) is 0.465. The first kappa shape index (κ1) is 17.4. The molecule has 0 amide bonds. The van der Waals surface area contributed by atoms with Gasteiger partial charge < -0.3 is 9.47 Å². The van der Waals surface area contributed by atoms with Crippen LogP contribution in [0.2, 0.25) is 0 Å². The van der Waals surface area contributed by atoms with Crippen LogP contribution in [0.4, 0.5) is 0 Å². The summed E-state index contributed by atoms with van der Waals surface area (Å²) in [5.41, 5.74) is 5.28. The molecular weight excluding hydrogens is 320 g/mol. The molecule has 0 spiro atoms. The Bertz CT molecular complexity index is 926. The first-order chi connectivity index (χ1) is 12.7. The van der Waals surface area contributed by atoms with Crippen LogP contribution >= 0.6 is 0 Å². The molecule has 26 heavy (non-hydrogen) atoms. The highest BCUT2D eigenvalue weighted by molar-refractivity contribution is 5.91. The molecule has 0 saturated heterocycles.